The first-order chi connectivity index (χ1) is 15.3. The Bertz CT molecular complexity index is 1190. The first-order valence-corrected chi connectivity index (χ1v) is 10.9. The van der Waals surface area contributed by atoms with Gasteiger partial charge in [-0.1, -0.05) is 20.1 Å². The van der Waals surface area contributed by atoms with Crippen molar-refractivity contribution in [2.45, 2.75) is 33.2 Å². The van der Waals surface area contributed by atoms with Crippen molar-refractivity contribution in [3.8, 4) is 11.1 Å². The summed E-state index contributed by atoms with van der Waals surface area (Å²) in [6, 6.07) is 2.17. The largest absolute Gasteiger partial charge is 0.459 e. The van der Waals surface area contributed by atoms with Gasteiger partial charge in [-0.05, 0) is 38.3 Å². The van der Waals surface area contributed by atoms with Crippen LogP contribution in [0.5, 0.6) is 0 Å². The van der Waals surface area contributed by atoms with Crippen LogP contribution in [0.1, 0.15) is 31.6 Å². The van der Waals surface area contributed by atoms with E-state index in [2.05, 4.69) is 35.4 Å². The number of hydrogen-bond donors (Lipinski definition) is 2. The molecule has 7 nitrogen and oxygen atoms in total. The van der Waals surface area contributed by atoms with Gasteiger partial charge < -0.3 is 20.4 Å². The van der Waals surface area contributed by atoms with E-state index in [1.165, 1.54) is 0 Å². The highest BCUT2D eigenvalue weighted by Gasteiger charge is 2.24. The average molecular weight is 433 g/mol. The Hall–Kier alpha value is -3.32. The molecule has 2 atom stereocenters. The standard InChI is InChI=1S/C25H32N6O/c1-7-22(31-12-15(2)8-21(26)14-31)16(3)29-17(4)24-18(5)32-23-9-19(10-27-25(23)24)20-11-28-30(6)13-20/h7,9-11,13,15,21,29H,1,4,8,12,14,26H2,2-3,5-6H3/b22-16-/t15-,21+/m1/s1. The number of nitrogens with one attached hydrogen (secondary N) is 1. The summed E-state index contributed by atoms with van der Waals surface area (Å²) < 4.78 is 7.82. The molecule has 0 aromatic carbocycles. The number of rotatable bonds is 6. The highest BCUT2D eigenvalue weighted by Crippen LogP contribution is 2.31. The number of nitrogens with two attached hydrogens (primary N) is 1. The number of hydrogen-bond acceptors (Lipinski definition) is 6. The van der Waals surface area contributed by atoms with Crippen molar-refractivity contribution in [1.82, 2.24) is 25.0 Å². The Labute approximate surface area is 189 Å². The molecule has 1 aliphatic rings. The maximum absolute atomic E-state index is 6.26. The second-order valence-corrected chi connectivity index (χ2v) is 8.83. The number of allylic oxidation sites excluding steroid dienone is 2. The monoisotopic (exact) mass is 432 g/mol. The molecule has 1 aliphatic heterocycles. The maximum atomic E-state index is 6.26. The van der Waals surface area contributed by atoms with Crippen LogP contribution in [0.25, 0.3) is 27.9 Å². The molecule has 0 radical (unpaired) electrons. The van der Waals surface area contributed by atoms with Crippen molar-refractivity contribution in [3.05, 3.63) is 66.6 Å². The SMILES string of the molecule is C=C/C(=C(\C)NC(=C)c1c(C)oc2cc(-c3cnn(C)c3)cnc12)N1C[C@H](C)C[C@H](N)C1. The third kappa shape index (κ3) is 4.21. The smallest absolute Gasteiger partial charge is 0.154 e. The van der Waals surface area contributed by atoms with E-state index in [0.717, 1.165) is 70.2 Å². The zero-order valence-corrected chi connectivity index (χ0v) is 19.4. The summed E-state index contributed by atoms with van der Waals surface area (Å²) >= 11 is 0. The number of pyridine rings is 1. The second kappa shape index (κ2) is 8.67. The van der Waals surface area contributed by atoms with Crippen molar-refractivity contribution in [2.75, 3.05) is 13.1 Å². The highest BCUT2D eigenvalue weighted by atomic mass is 16.3. The lowest BCUT2D eigenvalue weighted by molar-refractivity contribution is 0.209. The summed E-state index contributed by atoms with van der Waals surface area (Å²) in [7, 11) is 1.89. The highest BCUT2D eigenvalue weighted by molar-refractivity contribution is 5.90. The van der Waals surface area contributed by atoms with E-state index in [1.54, 1.807) is 4.68 Å². The van der Waals surface area contributed by atoms with Crippen LogP contribution in [-0.2, 0) is 7.05 Å². The Morgan fingerprint density at radius 2 is 2.09 bits per heavy atom. The molecular weight excluding hydrogens is 400 g/mol. The Kier molecular flexibility index (Phi) is 5.93. The molecule has 3 aromatic heterocycles. The molecule has 168 valence electrons. The van der Waals surface area contributed by atoms with Gasteiger partial charge in [0.25, 0.3) is 0 Å². The molecule has 32 heavy (non-hydrogen) atoms. The lowest BCUT2D eigenvalue weighted by Gasteiger charge is -2.37. The molecule has 1 fully saturated rings. The lowest BCUT2D eigenvalue weighted by atomic mass is 9.96. The minimum absolute atomic E-state index is 0.169. The minimum Gasteiger partial charge on any atom is -0.459 e. The molecule has 4 rings (SSSR count). The Morgan fingerprint density at radius 3 is 2.75 bits per heavy atom. The summed E-state index contributed by atoms with van der Waals surface area (Å²) in [5.41, 5.74) is 13.4. The van der Waals surface area contributed by atoms with Gasteiger partial charge in [-0.2, -0.15) is 5.10 Å². The predicted molar refractivity (Wildman–Crippen MR) is 129 cm³/mol. The van der Waals surface area contributed by atoms with Crippen molar-refractivity contribution >= 4 is 16.8 Å². The zero-order valence-electron chi connectivity index (χ0n) is 19.4. The fourth-order valence-electron chi connectivity index (χ4n) is 4.65. The molecule has 3 aromatic rings. The summed E-state index contributed by atoms with van der Waals surface area (Å²) in [5, 5.41) is 7.70. The van der Waals surface area contributed by atoms with E-state index in [-0.39, 0.29) is 6.04 Å². The molecule has 0 bridgehead atoms. The third-order valence-corrected chi connectivity index (χ3v) is 5.99. The number of fused-ring (bicyclic) bond motifs is 1. The summed E-state index contributed by atoms with van der Waals surface area (Å²) in [5.74, 6) is 1.32. The van der Waals surface area contributed by atoms with Gasteiger partial charge in [-0.3, -0.25) is 9.67 Å². The van der Waals surface area contributed by atoms with E-state index < -0.39 is 0 Å². The van der Waals surface area contributed by atoms with Crippen molar-refractivity contribution in [1.29, 1.82) is 0 Å². The van der Waals surface area contributed by atoms with Crippen LogP contribution >= 0.6 is 0 Å². The van der Waals surface area contributed by atoms with Gasteiger partial charge in [0, 0.05) is 61.1 Å². The third-order valence-electron chi connectivity index (χ3n) is 5.99. The van der Waals surface area contributed by atoms with Crippen molar-refractivity contribution in [2.24, 2.45) is 18.7 Å². The van der Waals surface area contributed by atoms with Crippen LogP contribution in [0.15, 0.2) is 59.7 Å². The Morgan fingerprint density at radius 1 is 1.31 bits per heavy atom. The molecule has 0 saturated carbocycles. The summed E-state index contributed by atoms with van der Waals surface area (Å²) in [6.07, 6.45) is 8.56. The summed E-state index contributed by atoms with van der Waals surface area (Å²) in [6.45, 7) is 16.3. The van der Waals surface area contributed by atoms with E-state index in [0.29, 0.717) is 5.92 Å². The fourth-order valence-corrected chi connectivity index (χ4v) is 4.65. The number of piperidine rings is 1. The average Bonchev–Trinajstić information content (AvgIpc) is 3.29. The van der Waals surface area contributed by atoms with Gasteiger partial charge in [0.2, 0.25) is 0 Å². The van der Waals surface area contributed by atoms with Crippen LogP contribution in [0.3, 0.4) is 0 Å². The maximum Gasteiger partial charge on any atom is 0.154 e. The van der Waals surface area contributed by atoms with Crippen molar-refractivity contribution < 1.29 is 4.42 Å². The topological polar surface area (TPSA) is 85.1 Å². The van der Waals surface area contributed by atoms with Crippen LogP contribution in [0.4, 0.5) is 0 Å². The van der Waals surface area contributed by atoms with Crippen LogP contribution in [-0.4, -0.2) is 38.8 Å². The van der Waals surface area contributed by atoms with Crippen molar-refractivity contribution in [3.63, 3.8) is 0 Å². The first kappa shape index (κ1) is 21.9. The Balaban J connectivity index is 1.62. The van der Waals surface area contributed by atoms with Gasteiger partial charge in [0.1, 0.15) is 11.3 Å². The van der Waals surface area contributed by atoms with E-state index in [4.69, 9.17) is 15.1 Å². The first-order valence-electron chi connectivity index (χ1n) is 10.9. The molecule has 4 heterocycles. The lowest BCUT2D eigenvalue weighted by Crippen LogP contribution is -2.46. The molecular formula is C25H32N6O. The zero-order chi connectivity index (χ0) is 23.0. The number of aromatic nitrogens is 3. The van der Waals surface area contributed by atoms with Gasteiger partial charge in [-0.25, -0.2) is 0 Å². The number of aryl methyl sites for hydroxylation is 2. The molecule has 0 unspecified atom stereocenters. The van der Waals surface area contributed by atoms with Crippen LogP contribution in [0.2, 0.25) is 0 Å². The molecule has 3 N–H and O–H groups in total. The predicted octanol–water partition coefficient (Wildman–Crippen LogP) is 4.18. The molecule has 0 spiro atoms. The van der Waals surface area contributed by atoms with Crippen LogP contribution in [0, 0.1) is 12.8 Å². The van der Waals surface area contributed by atoms with E-state index in [1.807, 2.05) is 51.6 Å². The normalized spacial score (nSPS) is 19.7. The van der Waals surface area contributed by atoms with Crippen LogP contribution < -0.4 is 11.1 Å². The van der Waals surface area contributed by atoms with Gasteiger partial charge >= 0.3 is 0 Å². The number of likely N-dealkylation sites (tertiary alicyclic amines) is 1. The number of furan rings is 1. The molecule has 0 amide bonds. The van der Waals surface area contributed by atoms with E-state index >= 15 is 0 Å². The minimum atomic E-state index is 0.169. The quantitative estimate of drug-likeness (QED) is 0.568. The molecule has 0 aliphatic carbocycles. The van der Waals surface area contributed by atoms with Gasteiger partial charge in [0.05, 0.1) is 17.5 Å². The summed E-state index contributed by atoms with van der Waals surface area (Å²) in [4.78, 5) is 7.00. The second-order valence-electron chi connectivity index (χ2n) is 8.83. The fraction of sp³-hybridized carbons (Fsp3) is 0.360. The van der Waals surface area contributed by atoms with Gasteiger partial charge in [0.15, 0.2) is 5.58 Å². The molecule has 1 saturated heterocycles. The van der Waals surface area contributed by atoms with Gasteiger partial charge in [-0.15, -0.1) is 0 Å². The number of nitrogens with zero attached hydrogens (tertiary/aromatic N) is 4. The van der Waals surface area contributed by atoms with E-state index in [9.17, 15) is 0 Å². The molecule has 7 heteroatoms.